The first-order valence-corrected chi connectivity index (χ1v) is 10.6. The molecule has 0 bridgehead atoms. The Hall–Kier alpha value is -2.82. The lowest BCUT2D eigenvalue weighted by molar-refractivity contribution is -0.117. The summed E-state index contributed by atoms with van der Waals surface area (Å²) in [4.78, 5) is 19.6. The van der Waals surface area contributed by atoms with E-state index in [9.17, 15) is 4.79 Å². The largest absolute Gasteiger partial charge is 0.323 e. The number of hydrogen-bond donors (Lipinski definition) is 0. The zero-order valence-corrected chi connectivity index (χ0v) is 17.6. The number of benzene rings is 3. The van der Waals surface area contributed by atoms with E-state index in [0.29, 0.717) is 29.6 Å². The van der Waals surface area contributed by atoms with Crippen LogP contribution in [0.25, 0.3) is 11.0 Å². The number of nitrogens with zero attached hydrogens (tertiary/aromatic N) is 3. The lowest BCUT2D eigenvalue weighted by Crippen LogP contribution is -2.24. The van der Waals surface area contributed by atoms with Gasteiger partial charge in [0.2, 0.25) is 5.91 Å². The predicted octanol–water partition coefficient (Wildman–Crippen LogP) is 5.91. The second-order valence-corrected chi connectivity index (χ2v) is 8.30. The van der Waals surface area contributed by atoms with Crippen molar-refractivity contribution in [3.05, 3.63) is 94.2 Å². The number of rotatable bonds is 4. The van der Waals surface area contributed by atoms with Crippen LogP contribution in [0.3, 0.4) is 0 Å². The van der Waals surface area contributed by atoms with Gasteiger partial charge in [0.05, 0.1) is 17.6 Å². The number of hydrogen-bond acceptors (Lipinski definition) is 2. The summed E-state index contributed by atoms with van der Waals surface area (Å²) in [5.74, 6) is 0.992. The molecule has 1 aliphatic heterocycles. The van der Waals surface area contributed by atoms with Crippen molar-refractivity contribution in [1.29, 1.82) is 0 Å². The molecule has 6 heteroatoms. The highest BCUT2D eigenvalue weighted by molar-refractivity contribution is 6.36. The highest BCUT2D eigenvalue weighted by Gasteiger charge is 2.35. The molecule has 5 rings (SSSR count). The van der Waals surface area contributed by atoms with Gasteiger partial charge in [-0.1, -0.05) is 59.6 Å². The van der Waals surface area contributed by atoms with Crippen LogP contribution < -0.4 is 4.90 Å². The number of halogens is 2. The Balaban J connectivity index is 1.57. The molecule has 4 nitrogen and oxygen atoms in total. The zero-order valence-electron chi connectivity index (χ0n) is 16.1. The van der Waals surface area contributed by atoms with Gasteiger partial charge < -0.3 is 9.47 Å². The second kappa shape index (κ2) is 7.78. The molecule has 2 heterocycles. The monoisotopic (exact) mass is 435 g/mol. The van der Waals surface area contributed by atoms with Crippen LogP contribution >= 0.6 is 23.2 Å². The normalized spacial score (nSPS) is 16.5. The average Bonchev–Trinajstić information content (AvgIpc) is 3.32. The summed E-state index contributed by atoms with van der Waals surface area (Å²) in [6.07, 6.45) is 0.425. The highest BCUT2D eigenvalue weighted by Crippen LogP contribution is 2.35. The van der Waals surface area contributed by atoms with E-state index in [1.54, 1.807) is 0 Å². The Kier molecular flexibility index (Phi) is 4.97. The molecule has 1 amide bonds. The van der Waals surface area contributed by atoms with Crippen LogP contribution in [0.15, 0.2) is 72.8 Å². The Labute approximate surface area is 184 Å². The van der Waals surface area contributed by atoms with Crippen LogP contribution in [0.4, 0.5) is 5.69 Å². The Morgan fingerprint density at radius 3 is 2.37 bits per heavy atom. The molecule has 0 aliphatic carbocycles. The summed E-state index contributed by atoms with van der Waals surface area (Å²) < 4.78 is 2.15. The van der Waals surface area contributed by atoms with E-state index in [1.165, 1.54) is 0 Å². The maximum Gasteiger partial charge on any atom is 0.227 e. The molecule has 150 valence electrons. The van der Waals surface area contributed by atoms with Crippen molar-refractivity contribution in [3.63, 3.8) is 0 Å². The van der Waals surface area contributed by atoms with Gasteiger partial charge in [-0.15, -0.1) is 0 Å². The number of carbonyl (C=O) groups is 1. The van der Waals surface area contributed by atoms with Crippen molar-refractivity contribution >= 4 is 45.8 Å². The number of para-hydroxylation sites is 3. The van der Waals surface area contributed by atoms with Crippen molar-refractivity contribution in [2.45, 2.75) is 18.9 Å². The zero-order chi connectivity index (χ0) is 20.7. The Bertz CT molecular complexity index is 1220. The van der Waals surface area contributed by atoms with E-state index in [2.05, 4.69) is 4.57 Å². The van der Waals surface area contributed by atoms with E-state index >= 15 is 0 Å². The van der Waals surface area contributed by atoms with Gasteiger partial charge in [-0.25, -0.2) is 4.98 Å². The maximum absolute atomic E-state index is 12.8. The molecule has 0 spiro atoms. The molecule has 1 aliphatic rings. The maximum atomic E-state index is 12.8. The van der Waals surface area contributed by atoms with Gasteiger partial charge in [0.15, 0.2) is 0 Å². The van der Waals surface area contributed by atoms with Gasteiger partial charge >= 0.3 is 0 Å². The van der Waals surface area contributed by atoms with Crippen molar-refractivity contribution in [1.82, 2.24) is 9.55 Å². The van der Waals surface area contributed by atoms with E-state index < -0.39 is 0 Å². The van der Waals surface area contributed by atoms with Gasteiger partial charge in [0, 0.05) is 40.2 Å². The third-order valence-corrected chi connectivity index (χ3v) is 6.33. The second-order valence-electron chi connectivity index (χ2n) is 7.49. The summed E-state index contributed by atoms with van der Waals surface area (Å²) in [6.45, 7) is 1.10. The molecule has 1 unspecified atom stereocenters. The average molecular weight is 436 g/mol. The highest BCUT2D eigenvalue weighted by atomic mass is 35.5. The van der Waals surface area contributed by atoms with Crippen LogP contribution in [0.5, 0.6) is 0 Å². The predicted molar refractivity (Wildman–Crippen MR) is 121 cm³/mol. The quantitative estimate of drug-likeness (QED) is 0.399. The minimum absolute atomic E-state index is 0.00799. The molecule has 0 radical (unpaired) electrons. The Morgan fingerprint density at radius 2 is 1.60 bits per heavy atom. The van der Waals surface area contributed by atoms with Crippen molar-refractivity contribution in [2.75, 3.05) is 11.4 Å². The number of carbonyl (C=O) groups excluding carboxylic acids is 1. The van der Waals surface area contributed by atoms with E-state index in [0.717, 1.165) is 28.1 Å². The Morgan fingerprint density at radius 1 is 0.900 bits per heavy atom. The first-order valence-electron chi connectivity index (χ1n) is 9.85. The molecule has 1 atom stereocenters. The van der Waals surface area contributed by atoms with E-state index in [4.69, 9.17) is 28.2 Å². The van der Waals surface area contributed by atoms with Crippen LogP contribution in [0, 0.1) is 0 Å². The number of aromatic nitrogens is 2. The first kappa shape index (κ1) is 19.2. The van der Waals surface area contributed by atoms with Crippen LogP contribution in [0.1, 0.15) is 23.7 Å². The fourth-order valence-electron chi connectivity index (χ4n) is 4.15. The van der Waals surface area contributed by atoms with Crippen LogP contribution in [-0.2, 0) is 11.3 Å². The van der Waals surface area contributed by atoms with Gasteiger partial charge in [0.25, 0.3) is 0 Å². The summed E-state index contributed by atoms with van der Waals surface area (Å²) in [7, 11) is 0. The minimum Gasteiger partial charge on any atom is -0.323 e. The molecule has 4 aromatic rings. The molecule has 0 saturated carbocycles. The van der Waals surface area contributed by atoms with Gasteiger partial charge in [0.1, 0.15) is 5.82 Å². The molecule has 3 aromatic carbocycles. The summed E-state index contributed by atoms with van der Waals surface area (Å²) >= 11 is 12.9. The molecular weight excluding hydrogens is 417 g/mol. The summed E-state index contributed by atoms with van der Waals surface area (Å²) in [6, 6.07) is 23.3. The SMILES string of the molecule is O=C1CC(c2nc3ccccc3n2Cc2c(Cl)cccc2Cl)CN1c1ccccc1. The number of anilines is 1. The smallest absolute Gasteiger partial charge is 0.227 e. The summed E-state index contributed by atoms with van der Waals surface area (Å²) in [5.41, 5.74) is 3.69. The number of fused-ring (bicyclic) bond motifs is 1. The summed E-state index contributed by atoms with van der Waals surface area (Å²) in [5, 5.41) is 1.25. The standard InChI is InChI=1S/C24H19Cl2N3O/c25-19-9-6-10-20(26)18(19)15-29-22-12-5-4-11-21(22)27-24(29)16-13-23(30)28(14-16)17-7-2-1-3-8-17/h1-12,16H,13-15H2. The molecule has 1 aromatic heterocycles. The number of amides is 1. The molecule has 0 N–H and O–H groups in total. The molecular formula is C24H19Cl2N3O. The number of imidazole rings is 1. The topological polar surface area (TPSA) is 38.1 Å². The fraction of sp³-hybridized carbons (Fsp3) is 0.167. The van der Waals surface area contributed by atoms with E-state index in [1.807, 2.05) is 77.7 Å². The van der Waals surface area contributed by atoms with Crippen molar-refractivity contribution in [3.8, 4) is 0 Å². The van der Waals surface area contributed by atoms with Crippen molar-refractivity contribution < 1.29 is 4.79 Å². The van der Waals surface area contributed by atoms with Gasteiger partial charge in [-0.2, -0.15) is 0 Å². The van der Waals surface area contributed by atoms with Crippen molar-refractivity contribution in [2.24, 2.45) is 0 Å². The van der Waals surface area contributed by atoms with Crippen LogP contribution in [-0.4, -0.2) is 22.0 Å². The minimum atomic E-state index is -0.00799. The van der Waals surface area contributed by atoms with Gasteiger partial charge in [-0.3, -0.25) is 4.79 Å². The van der Waals surface area contributed by atoms with E-state index in [-0.39, 0.29) is 11.8 Å². The lowest BCUT2D eigenvalue weighted by Gasteiger charge is -2.18. The first-order chi connectivity index (χ1) is 14.6. The molecule has 1 saturated heterocycles. The molecule has 30 heavy (non-hydrogen) atoms. The third-order valence-electron chi connectivity index (χ3n) is 5.62. The van der Waals surface area contributed by atoms with Crippen LogP contribution in [0.2, 0.25) is 10.0 Å². The third kappa shape index (κ3) is 3.36. The molecule has 1 fully saturated rings. The fourth-order valence-corrected chi connectivity index (χ4v) is 4.67. The van der Waals surface area contributed by atoms with Gasteiger partial charge in [-0.05, 0) is 36.4 Å². The lowest BCUT2D eigenvalue weighted by atomic mass is 10.1.